The molecule has 1 heterocycles. The fraction of sp³-hybridized carbons (Fsp3) is 0.438. The SMILES string of the molecule is CN(C)C(=O)[C@H]1CC[C@H](CC(=O)Nc2cc(-c3ccccc3)c(-c3ccc([C@]4(N)C[C@](C)(O)C4)cc3)nn2)CC1. The Morgan fingerprint density at radius 1 is 0.975 bits per heavy atom. The number of anilines is 1. The molecule has 0 bridgehead atoms. The van der Waals surface area contributed by atoms with Gasteiger partial charge in [0.1, 0.15) is 5.69 Å². The van der Waals surface area contributed by atoms with Crippen LogP contribution in [0.2, 0.25) is 0 Å². The number of carbonyl (C=O) groups is 2. The largest absolute Gasteiger partial charge is 0.390 e. The second-order valence-electron chi connectivity index (χ2n) is 12.1. The maximum atomic E-state index is 12.9. The van der Waals surface area contributed by atoms with Crippen LogP contribution in [0.3, 0.4) is 0 Å². The van der Waals surface area contributed by atoms with Crippen molar-refractivity contribution in [1.82, 2.24) is 15.1 Å². The number of aliphatic hydroxyl groups is 1. The summed E-state index contributed by atoms with van der Waals surface area (Å²) < 4.78 is 0. The van der Waals surface area contributed by atoms with E-state index in [0.29, 0.717) is 30.8 Å². The van der Waals surface area contributed by atoms with Crippen molar-refractivity contribution in [3.8, 4) is 22.4 Å². The van der Waals surface area contributed by atoms with Gasteiger partial charge in [-0.25, -0.2) is 0 Å². The number of benzene rings is 2. The third kappa shape index (κ3) is 6.08. The van der Waals surface area contributed by atoms with Gasteiger partial charge in [0, 0.05) is 43.1 Å². The lowest BCUT2D eigenvalue weighted by molar-refractivity contribution is -0.134. The highest BCUT2D eigenvalue weighted by Gasteiger charge is 2.49. The van der Waals surface area contributed by atoms with Crippen LogP contribution in [-0.2, 0) is 15.1 Å². The topological polar surface area (TPSA) is 121 Å². The summed E-state index contributed by atoms with van der Waals surface area (Å²) in [5.41, 5.74) is 9.73. The van der Waals surface area contributed by atoms with Crippen LogP contribution in [0.4, 0.5) is 5.82 Å². The first-order valence-electron chi connectivity index (χ1n) is 14.1. The summed E-state index contributed by atoms with van der Waals surface area (Å²) in [5, 5.41) is 22.0. The van der Waals surface area contributed by atoms with Crippen LogP contribution in [0.15, 0.2) is 60.7 Å². The molecule has 2 fully saturated rings. The van der Waals surface area contributed by atoms with E-state index in [-0.39, 0.29) is 23.7 Å². The first kappa shape index (κ1) is 27.9. The Bertz CT molecular complexity index is 1360. The van der Waals surface area contributed by atoms with E-state index in [4.69, 9.17) is 5.73 Å². The molecule has 0 spiro atoms. The van der Waals surface area contributed by atoms with Gasteiger partial charge in [0.05, 0.1) is 5.60 Å². The first-order chi connectivity index (χ1) is 19.0. The number of aromatic nitrogens is 2. The monoisotopic (exact) mass is 541 g/mol. The van der Waals surface area contributed by atoms with Gasteiger partial charge < -0.3 is 21.1 Å². The van der Waals surface area contributed by atoms with E-state index in [2.05, 4.69) is 15.5 Å². The van der Waals surface area contributed by atoms with E-state index in [9.17, 15) is 14.7 Å². The number of nitrogens with zero attached hydrogens (tertiary/aromatic N) is 3. The van der Waals surface area contributed by atoms with Gasteiger partial charge in [0.25, 0.3) is 0 Å². The number of nitrogens with two attached hydrogens (primary N) is 1. The minimum absolute atomic E-state index is 0.0641. The van der Waals surface area contributed by atoms with E-state index in [1.165, 1.54) is 0 Å². The molecular formula is C32H39N5O3. The molecule has 2 saturated carbocycles. The third-order valence-corrected chi connectivity index (χ3v) is 8.38. The summed E-state index contributed by atoms with van der Waals surface area (Å²) in [6, 6.07) is 19.8. The molecule has 2 aliphatic carbocycles. The average molecular weight is 542 g/mol. The standard InChI is InChI=1S/C32H39N5O3/c1-31(40)19-32(33,20-31)25-15-13-23(14-16-25)29-26(22-7-5-4-6-8-22)18-27(35-36-29)34-28(38)17-21-9-11-24(12-10-21)30(39)37(2)3/h4-8,13-16,18,21,24,40H,9-12,17,19-20,33H2,1-3H3,(H,34,35,38)/t21-,24-,31-,32-. The zero-order valence-corrected chi connectivity index (χ0v) is 23.6. The third-order valence-electron chi connectivity index (χ3n) is 8.38. The van der Waals surface area contributed by atoms with E-state index >= 15 is 0 Å². The summed E-state index contributed by atoms with van der Waals surface area (Å²) in [7, 11) is 3.59. The minimum Gasteiger partial charge on any atom is -0.390 e. The normalized spacial score (nSPS) is 26.0. The minimum atomic E-state index is -0.718. The van der Waals surface area contributed by atoms with Crippen LogP contribution >= 0.6 is 0 Å². The number of amides is 2. The average Bonchev–Trinajstić information content (AvgIpc) is 2.92. The summed E-state index contributed by atoms with van der Waals surface area (Å²) in [6.45, 7) is 1.81. The second kappa shape index (κ2) is 11.1. The highest BCUT2D eigenvalue weighted by molar-refractivity contribution is 5.91. The van der Waals surface area contributed by atoms with Crippen molar-refractivity contribution in [2.24, 2.45) is 17.6 Å². The summed E-state index contributed by atoms with van der Waals surface area (Å²) in [5.74, 6) is 0.834. The van der Waals surface area contributed by atoms with Gasteiger partial charge in [-0.15, -0.1) is 10.2 Å². The molecule has 0 aliphatic heterocycles. The lowest BCUT2D eigenvalue weighted by atomic mass is 9.63. The fourth-order valence-corrected chi connectivity index (χ4v) is 6.41. The molecule has 0 atom stereocenters. The van der Waals surface area contributed by atoms with Gasteiger partial charge in [-0.2, -0.15) is 0 Å². The van der Waals surface area contributed by atoms with E-state index in [0.717, 1.165) is 47.9 Å². The molecule has 2 aliphatic rings. The van der Waals surface area contributed by atoms with Crippen LogP contribution in [0, 0.1) is 11.8 Å². The highest BCUT2D eigenvalue weighted by Crippen LogP contribution is 2.46. The number of carbonyl (C=O) groups excluding carboxylic acids is 2. The van der Waals surface area contributed by atoms with Crippen LogP contribution in [-0.4, -0.2) is 51.7 Å². The van der Waals surface area contributed by atoms with E-state index < -0.39 is 11.1 Å². The summed E-state index contributed by atoms with van der Waals surface area (Å²) in [4.78, 5) is 26.9. The molecule has 0 unspecified atom stereocenters. The molecule has 3 aromatic rings. The quantitative estimate of drug-likeness (QED) is 0.398. The second-order valence-corrected chi connectivity index (χ2v) is 12.1. The Morgan fingerprint density at radius 2 is 1.62 bits per heavy atom. The van der Waals surface area contributed by atoms with Crippen molar-refractivity contribution in [2.45, 2.75) is 63.0 Å². The van der Waals surface area contributed by atoms with Crippen molar-refractivity contribution < 1.29 is 14.7 Å². The Labute approximate surface area is 236 Å². The lowest BCUT2D eigenvalue weighted by Gasteiger charge is -2.49. The molecule has 2 amide bonds. The van der Waals surface area contributed by atoms with Gasteiger partial charge in [0.15, 0.2) is 5.82 Å². The Balaban J connectivity index is 1.30. The zero-order chi connectivity index (χ0) is 28.5. The molecule has 0 saturated heterocycles. The maximum Gasteiger partial charge on any atom is 0.225 e. The molecule has 210 valence electrons. The number of hydrogen-bond acceptors (Lipinski definition) is 6. The smallest absolute Gasteiger partial charge is 0.225 e. The van der Waals surface area contributed by atoms with Gasteiger partial charge in [-0.05, 0) is 68.6 Å². The summed E-state index contributed by atoms with van der Waals surface area (Å²) >= 11 is 0. The van der Waals surface area contributed by atoms with Crippen molar-refractivity contribution in [2.75, 3.05) is 19.4 Å². The van der Waals surface area contributed by atoms with Crippen LogP contribution in [0.1, 0.15) is 57.4 Å². The first-order valence-corrected chi connectivity index (χ1v) is 14.1. The summed E-state index contributed by atoms with van der Waals surface area (Å²) in [6.07, 6.45) is 4.85. The van der Waals surface area contributed by atoms with Crippen molar-refractivity contribution >= 4 is 17.6 Å². The van der Waals surface area contributed by atoms with Gasteiger partial charge in [0.2, 0.25) is 11.8 Å². The number of rotatable bonds is 7. The molecule has 4 N–H and O–H groups in total. The van der Waals surface area contributed by atoms with Crippen molar-refractivity contribution in [3.05, 3.63) is 66.2 Å². The molecule has 5 rings (SSSR count). The molecule has 8 heteroatoms. The predicted molar refractivity (Wildman–Crippen MR) is 156 cm³/mol. The lowest BCUT2D eigenvalue weighted by Crippen LogP contribution is -2.58. The Hall–Kier alpha value is -3.62. The number of hydrogen-bond donors (Lipinski definition) is 3. The highest BCUT2D eigenvalue weighted by atomic mass is 16.3. The molecule has 1 aromatic heterocycles. The van der Waals surface area contributed by atoms with Crippen molar-refractivity contribution in [3.63, 3.8) is 0 Å². The van der Waals surface area contributed by atoms with Gasteiger partial charge >= 0.3 is 0 Å². The molecule has 0 radical (unpaired) electrons. The fourth-order valence-electron chi connectivity index (χ4n) is 6.41. The molecule has 2 aromatic carbocycles. The van der Waals surface area contributed by atoms with Gasteiger partial charge in [-0.1, -0.05) is 54.6 Å². The van der Waals surface area contributed by atoms with Crippen molar-refractivity contribution in [1.29, 1.82) is 0 Å². The van der Waals surface area contributed by atoms with E-state index in [1.807, 2.05) is 67.6 Å². The number of nitrogens with one attached hydrogen (secondary N) is 1. The Morgan fingerprint density at radius 3 is 2.23 bits per heavy atom. The Kier molecular flexibility index (Phi) is 7.75. The molecule has 8 nitrogen and oxygen atoms in total. The predicted octanol–water partition coefficient (Wildman–Crippen LogP) is 4.73. The van der Waals surface area contributed by atoms with E-state index in [1.54, 1.807) is 19.0 Å². The maximum absolute atomic E-state index is 12.9. The molecular weight excluding hydrogens is 502 g/mol. The van der Waals surface area contributed by atoms with Crippen LogP contribution in [0.25, 0.3) is 22.4 Å². The molecule has 40 heavy (non-hydrogen) atoms. The van der Waals surface area contributed by atoms with Crippen LogP contribution < -0.4 is 11.1 Å². The van der Waals surface area contributed by atoms with Gasteiger partial charge in [-0.3, -0.25) is 9.59 Å². The van der Waals surface area contributed by atoms with Crippen LogP contribution in [0.5, 0.6) is 0 Å². The zero-order valence-electron chi connectivity index (χ0n) is 23.6.